The second kappa shape index (κ2) is 12.9. The summed E-state index contributed by atoms with van der Waals surface area (Å²) in [6.45, 7) is 0.190. The van der Waals surface area contributed by atoms with Crippen LogP contribution in [0.1, 0.15) is 44.9 Å². The third kappa shape index (κ3) is 6.53. The molecule has 0 spiro atoms. The summed E-state index contributed by atoms with van der Waals surface area (Å²) in [7, 11) is 1.32. The highest BCUT2D eigenvalue weighted by Gasteiger charge is 2.62. The molecule has 9 nitrogen and oxygen atoms in total. The topological polar surface area (TPSA) is 110 Å². The highest BCUT2D eigenvalue weighted by molar-refractivity contribution is 7.20. The second-order valence-electron chi connectivity index (χ2n) is 11.6. The Morgan fingerprint density at radius 2 is 1.93 bits per heavy atom. The second-order valence-corrected chi connectivity index (χ2v) is 13.5. The number of carbonyl (C=O) groups excluding carboxylic acids is 3. The first-order valence-electron chi connectivity index (χ1n) is 14.9. The quantitative estimate of drug-likeness (QED) is 0.256. The molecule has 44 heavy (non-hydrogen) atoms. The predicted molar refractivity (Wildman–Crippen MR) is 171 cm³/mol. The predicted octanol–water partition coefficient (Wildman–Crippen LogP) is 6.00. The Morgan fingerprint density at radius 1 is 1.14 bits per heavy atom. The van der Waals surface area contributed by atoms with Gasteiger partial charge in [0, 0.05) is 28.1 Å². The van der Waals surface area contributed by atoms with Gasteiger partial charge in [0.1, 0.15) is 23.7 Å². The molecule has 1 saturated heterocycles. The molecule has 0 unspecified atom stereocenters. The van der Waals surface area contributed by atoms with Crippen molar-refractivity contribution >= 4 is 68.2 Å². The maximum Gasteiger partial charge on any atom is 0.332 e. The summed E-state index contributed by atoms with van der Waals surface area (Å²) in [6.07, 6.45) is 8.36. The van der Waals surface area contributed by atoms with Crippen molar-refractivity contribution in [3.05, 3.63) is 64.7 Å². The van der Waals surface area contributed by atoms with E-state index in [0.717, 1.165) is 35.9 Å². The maximum absolute atomic E-state index is 14.3. The fraction of sp³-hybridized carbons (Fsp3) is 0.438. The van der Waals surface area contributed by atoms with E-state index in [4.69, 9.17) is 32.7 Å². The third-order valence-electron chi connectivity index (χ3n) is 8.53. The number of para-hydroxylation sites is 1. The molecule has 12 heteroatoms. The lowest BCUT2D eigenvalue weighted by Gasteiger charge is -2.30. The zero-order valence-electron chi connectivity index (χ0n) is 24.3. The number of aromatic nitrogens is 1. The van der Waals surface area contributed by atoms with Gasteiger partial charge in [-0.1, -0.05) is 71.7 Å². The molecule has 3 aliphatic rings. The van der Waals surface area contributed by atoms with Gasteiger partial charge in [-0.3, -0.25) is 9.59 Å². The molecular weight excluding hydrogens is 623 g/mol. The van der Waals surface area contributed by atoms with Crippen LogP contribution in [0.3, 0.4) is 0 Å². The number of fused-ring (bicyclic) bond motifs is 3. The van der Waals surface area contributed by atoms with Crippen LogP contribution in [0, 0.1) is 5.92 Å². The number of allylic oxidation sites excluding steroid dienone is 1. The van der Waals surface area contributed by atoms with Crippen molar-refractivity contribution < 1.29 is 23.9 Å². The van der Waals surface area contributed by atoms with Crippen molar-refractivity contribution in [1.29, 1.82) is 0 Å². The largest absolute Gasteiger partial charge is 0.467 e. The van der Waals surface area contributed by atoms with Gasteiger partial charge in [0.2, 0.25) is 11.8 Å². The number of esters is 1. The number of ether oxygens (including phenoxy) is 2. The van der Waals surface area contributed by atoms with Crippen molar-refractivity contribution in [3.63, 3.8) is 0 Å². The van der Waals surface area contributed by atoms with Gasteiger partial charge in [-0.2, -0.15) is 0 Å². The van der Waals surface area contributed by atoms with E-state index in [2.05, 4.69) is 21.7 Å². The standard InChI is InChI=1S/C32H34Cl2N4O5S/c1-42-30(41)32-17-19(32)9-5-3-2-4-6-11-25(35-22-14-20(33)13-21(34)15-22)29(40)38-18-23(16-26(38)28(39)37-32)43-31-36-24-10-7-8-12-27(24)44-31/h5,7-10,12-15,19,23,25-26,35H,2-4,6,11,16-18H2,1H3,(H,37,39)/b9-5-/t19-,23+,25-,26-,32+/m0/s1. The zero-order chi connectivity index (χ0) is 30.8. The van der Waals surface area contributed by atoms with Gasteiger partial charge in [0.25, 0.3) is 5.19 Å². The summed E-state index contributed by atoms with van der Waals surface area (Å²) in [5, 5.41) is 7.70. The molecule has 2 aliphatic heterocycles. The maximum atomic E-state index is 14.3. The minimum absolute atomic E-state index is 0.161. The van der Waals surface area contributed by atoms with Crippen molar-refractivity contribution in [1.82, 2.24) is 15.2 Å². The zero-order valence-corrected chi connectivity index (χ0v) is 26.6. The number of anilines is 1. The number of nitrogens with zero attached hydrogens (tertiary/aromatic N) is 2. The van der Waals surface area contributed by atoms with Crippen molar-refractivity contribution in [3.8, 4) is 5.19 Å². The van der Waals surface area contributed by atoms with Crippen LogP contribution in [-0.4, -0.2) is 65.0 Å². The first-order valence-corrected chi connectivity index (χ1v) is 16.5. The number of benzene rings is 2. The number of halogens is 2. The summed E-state index contributed by atoms with van der Waals surface area (Å²) < 4.78 is 12.4. The first kappa shape index (κ1) is 30.7. The summed E-state index contributed by atoms with van der Waals surface area (Å²) in [4.78, 5) is 47.4. The SMILES string of the molecule is COC(=O)[C@@]12C[C@@H]1/C=C\CCCCC[C@H](Nc1cc(Cl)cc(Cl)c1)C(=O)N1C[C@H](Oc3nc4ccccc4s3)C[C@H]1C(=O)N2. The highest BCUT2D eigenvalue weighted by Crippen LogP contribution is 2.46. The molecular formula is C32H34Cl2N4O5S. The van der Waals surface area contributed by atoms with Gasteiger partial charge >= 0.3 is 5.97 Å². The Hall–Kier alpha value is -3.34. The van der Waals surface area contributed by atoms with Crippen LogP contribution in [0.15, 0.2) is 54.6 Å². The van der Waals surface area contributed by atoms with Crippen LogP contribution < -0.4 is 15.4 Å². The highest BCUT2D eigenvalue weighted by atomic mass is 35.5. The monoisotopic (exact) mass is 656 g/mol. The Bertz CT molecular complexity index is 1540. The van der Waals surface area contributed by atoms with Gasteiger partial charge < -0.3 is 25.0 Å². The van der Waals surface area contributed by atoms with E-state index in [1.165, 1.54) is 18.4 Å². The van der Waals surface area contributed by atoms with Crippen LogP contribution in [0.25, 0.3) is 10.2 Å². The van der Waals surface area contributed by atoms with Gasteiger partial charge in [-0.25, -0.2) is 9.78 Å². The van der Waals surface area contributed by atoms with E-state index < -0.39 is 35.6 Å². The molecule has 2 fully saturated rings. The van der Waals surface area contributed by atoms with Crippen molar-refractivity contribution in [2.75, 3.05) is 19.0 Å². The summed E-state index contributed by atoms with van der Waals surface area (Å²) in [5.74, 6) is -1.29. The molecule has 3 heterocycles. The summed E-state index contributed by atoms with van der Waals surface area (Å²) >= 11 is 13.9. The molecule has 2 amide bonds. The number of thiazole rings is 1. The van der Waals surface area contributed by atoms with E-state index >= 15 is 0 Å². The van der Waals surface area contributed by atoms with Crippen molar-refractivity contribution in [2.24, 2.45) is 5.92 Å². The molecule has 6 rings (SSSR count). The van der Waals surface area contributed by atoms with E-state index in [1.54, 1.807) is 23.1 Å². The summed E-state index contributed by atoms with van der Waals surface area (Å²) in [5.41, 5.74) is 0.305. The Kier molecular flexibility index (Phi) is 9.03. The number of amides is 2. The normalized spacial score (nSPS) is 28.2. The van der Waals surface area contributed by atoms with Crippen LogP contribution in [0.4, 0.5) is 5.69 Å². The summed E-state index contributed by atoms with van der Waals surface area (Å²) in [6, 6.07) is 11.3. The van der Waals surface area contributed by atoms with Gasteiger partial charge in [0.15, 0.2) is 0 Å². The number of hydrogen-bond acceptors (Lipinski definition) is 8. The average Bonchev–Trinajstić information content (AvgIpc) is 3.31. The Morgan fingerprint density at radius 3 is 2.70 bits per heavy atom. The molecule has 232 valence electrons. The molecule has 1 aliphatic carbocycles. The van der Waals surface area contributed by atoms with Gasteiger partial charge in [-0.15, -0.1) is 0 Å². The van der Waals surface area contributed by atoms with E-state index in [1.807, 2.05) is 30.3 Å². The molecule has 3 aromatic rings. The van der Waals surface area contributed by atoms with Gasteiger partial charge in [0.05, 0.1) is 23.9 Å². The lowest BCUT2D eigenvalue weighted by Crippen LogP contribution is -2.55. The van der Waals surface area contributed by atoms with Crippen LogP contribution in [-0.2, 0) is 19.1 Å². The minimum Gasteiger partial charge on any atom is -0.467 e. The molecule has 2 N–H and O–H groups in total. The van der Waals surface area contributed by atoms with Crippen molar-refractivity contribution in [2.45, 2.75) is 68.7 Å². The number of hydrogen-bond donors (Lipinski definition) is 2. The third-order valence-corrected chi connectivity index (χ3v) is 9.90. The lowest BCUT2D eigenvalue weighted by molar-refractivity contribution is -0.148. The molecule has 2 aromatic carbocycles. The number of carbonyl (C=O) groups is 3. The number of rotatable bonds is 5. The smallest absolute Gasteiger partial charge is 0.332 e. The fourth-order valence-corrected chi connectivity index (χ4v) is 7.61. The fourth-order valence-electron chi connectivity index (χ4n) is 6.20. The van der Waals surface area contributed by atoms with Gasteiger partial charge in [-0.05, 0) is 56.0 Å². The Labute approximate surface area is 269 Å². The molecule has 1 saturated carbocycles. The molecule has 0 bridgehead atoms. The van der Waals surface area contributed by atoms with Crippen LogP contribution in [0.5, 0.6) is 5.19 Å². The van der Waals surface area contributed by atoms with Crippen LogP contribution >= 0.6 is 34.5 Å². The van der Waals surface area contributed by atoms with E-state index in [-0.39, 0.29) is 24.8 Å². The van der Waals surface area contributed by atoms with E-state index in [9.17, 15) is 14.4 Å². The molecule has 5 atom stereocenters. The van der Waals surface area contributed by atoms with E-state index in [0.29, 0.717) is 33.8 Å². The minimum atomic E-state index is -1.14. The number of methoxy groups -OCH3 is 1. The average molecular weight is 658 g/mol. The molecule has 0 radical (unpaired) electrons. The molecule has 1 aromatic heterocycles. The number of nitrogens with one attached hydrogen (secondary N) is 2. The van der Waals surface area contributed by atoms with Crippen LogP contribution in [0.2, 0.25) is 10.0 Å². The Balaban J connectivity index is 1.30. The lowest BCUT2D eigenvalue weighted by atomic mass is 10.0. The first-order chi connectivity index (χ1) is 21.3.